The normalized spacial score (nSPS) is 15.1. The van der Waals surface area contributed by atoms with Crippen molar-refractivity contribution in [3.05, 3.63) is 63.6 Å². The van der Waals surface area contributed by atoms with Crippen LogP contribution in [0.25, 0.3) is 0 Å². The number of amides is 2. The molecule has 1 aliphatic carbocycles. The SMILES string of the molecule is Cc1cc(OCC(=O)N(Cc2ccccc2Cl)[C@@H](C)C(=O)NC2CCCCC2)ccc1Cl. The number of ether oxygens (including phenoxy) is 1. The van der Waals surface area contributed by atoms with E-state index in [0.29, 0.717) is 15.8 Å². The fourth-order valence-electron chi connectivity index (χ4n) is 3.90. The molecule has 5 nitrogen and oxygen atoms in total. The molecule has 0 spiro atoms. The highest BCUT2D eigenvalue weighted by Crippen LogP contribution is 2.23. The van der Waals surface area contributed by atoms with Crippen LogP contribution in [0, 0.1) is 6.92 Å². The molecule has 1 atom stereocenters. The summed E-state index contributed by atoms with van der Waals surface area (Å²) in [5.41, 5.74) is 1.65. The van der Waals surface area contributed by atoms with Gasteiger partial charge in [0, 0.05) is 22.6 Å². The molecule has 1 saturated carbocycles. The van der Waals surface area contributed by atoms with Gasteiger partial charge in [0.1, 0.15) is 11.8 Å². The quantitative estimate of drug-likeness (QED) is 0.543. The van der Waals surface area contributed by atoms with E-state index in [4.69, 9.17) is 27.9 Å². The average molecular weight is 477 g/mol. The van der Waals surface area contributed by atoms with Crippen LogP contribution in [0.5, 0.6) is 5.75 Å². The maximum absolute atomic E-state index is 13.2. The molecule has 2 aromatic rings. The van der Waals surface area contributed by atoms with E-state index in [1.54, 1.807) is 31.2 Å². The maximum Gasteiger partial charge on any atom is 0.261 e. The lowest BCUT2D eigenvalue weighted by Gasteiger charge is -2.31. The van der Waals surface area contributed by atoms with Gasteiger partial charge in [-0.1, -0.05) is 60.7 Å². The van der Waals surface area contributed by atoms with Gasteiger partial charge in [0.25, 0.3) is 5.91 Å². The third-order valence-corrected chi connectivity index (χ3v) is 6.70. The molecule has 1 aliphatic rings. The van der Waals surface area contributed by atoms with Crippen molar-refractivity contribution in [2.75, 3.05) is 6.61 Å². The second-order valence-electron chi connectivity index (χ2n) is 8.33. The van der Waals surface area contributed by atoms with Crippen molar-refractivity contribution < 1.29 is 14.3 Å². The first-order valence-corrected chi connectivity index (χ1v) is 11.8. The van der Waals surface area contributed by atoms with E-state index >= 15 is 0 Å². The van der Waals surface area contributed by atoms with Crippen molar-refractivity contribution in [1.82, 2.24) is 10.2 Å². The van der Waals surface area contributed by atoms with E-state index in [9.17, 15) is 9.59 Å². The molecule has 0 heterocycles. The second-order valence-corrected chi connectivity index (χ2v) is 9.15. The Morgan fingerprint density at radius 1 is 1.09 bits per heavy atom. The molecule has 0 aliphatic heterocycles. The third kappa shape index (κ3) is 6.63. The molecular formula is C25H30Cl2N2O3. The fraction of sp³-hybridized carbons (Fsp3) is 0.440. The minimum absolute atomic E-state index is 0.153. The first-order chi connectivity index (χ1) is 15.3. The van der Waals surface area contributed by atoms with E-state index in [2.05, 4.69) is 5.32 Å². The zero-order valence-electron chi connectivity index (χ0n) is 18.6. The Balaban J connectivity index is 1.72. The summed E-state index contributed by atoms with van der Waals surface area (Å²) >= 11 is 12.4. The Morgan fingerprint density at radius 2 is 1.81 bits per heavy atom. The van der Waals surface area contributed by atoms with Gasteiger partial charge in [-0.3, -0.25) is 9.59 Å². The smallest absolute Gasteiger partial charge is 0.261 e. The van der Waals surface area contributed by atoms with Crippen molar-refractivity contribution in [2.45, 2.75) is 64.6 Å². The van der Waals surface area contributed by atoms with Crippen molar-refractivity contribution in [3.8, 4) is 5.75 Å². The second kappa shape index (κ2) is 11.6. The van der Waals surface area contributed by atoms with Gasteiger partial charge in [0.2, 0.25) is 5.91 Å². The molecule has 1 fully saturated rings. The van der Waals surface area contributed by atoms with Crippen LogP contribution in [-0.4, -0.2) is 35.4 Å². The van der Waals surface area contributed by atoms with Crippen molar-refractivity contribution >= 4 is 35.0 Å². The predicted octanol–water partition coefficient (Wildman–Crippen LogP) is 5.55. The van der Waals surface area contributed by atoms with Gasteiger partial charge in [-0.05, 0) is 62.1 Å². The molecule has 3 rings (SSSR count). The van der Waals surface area contributed by atoms with Crippen LogP contribution >= 0.6 is 23.2 Å². The van der Waals surface area contributed by atoms with Gasteiger partial charge in [0.05, 0.1) is 0 Å². The van der Waals surface area contributed by atoms with Crippen molar-refractivity contribution in [2.24, 2.45) is 0 Å². The molecular weight excluding hydrogens is 447 g/mol. The summed E-state index contributed by atoms with van der Waals surface area (Å²) in [6.07, 6.45) is 5.42. The van der Waals surface area contributed by atoms with Gasteiger partial charge in [-0.15, -0.1) is 0 Å². The highest BCUT2D eigenvalue weighted by Gasteiger charge is 2.28. The summed E-state index contributed by atoms with van der Waals surface area (Å²) in [5, 5.41) is 4.31. The molecule has 0 bridgehead atoms. The van der Waals surface area contributed by atoms with Crippen LogP contribution in [0.15, 0.2) is 42.5 Å². The number of hydrogen-bond acceptors (Lipinski definition) is 3. The van der Waals surface area contributed by atoms with E-state index in [1.165, 1.54) is 11.3 Å². The first kappa shape index (κ1) is 24.4. The number of aryl methyl sites for hydroxylation is 1. The highest BCUT2D eigenvalue weighted by atomic mass is 35.5. The number of nitrogens with zero attached hydrogens (tertiary/aromatic N) is 1. The number of nitrogens with one attached hydrogen (secondary N) is 1. The molecule has 172 valence electrons. The van der Waals surface area contributed by atoms with E-state index in [1.807, 2.05) is 25.1 Å². The van der Waals surface area contributed by atoms with Crippen molar-refractivity contribution in [3.63, 3.8) is 0 Å². The van der Waals surface area contributed by atoms with Crippen LogP contribution < -0.4 is 10.1 Å². The van der Waals surface area contributed by atoms with Gasteiger partial charge in [0.15, 0.2) is 6.61 Å². The highest BCUT2D eigenvalue weighted by molar-refractivity contribution is 6.31. The minimum Gasteiger partial charge on any atom is -0.484 e. The Hall–Kier alpha value is -2.24. The van der Waals surface area contributed by atoms with Crippen molar-refractivity contribution in [1.29, 1.82) is 0 Å². The fourth-order valence-corrected chi connectivity index (χ4v) is 4.21. The molecule has 0 saturated heterocycles. The van der Waals surface area contributed by atoms with E-state index < -0.39 is 6.04 Å². The van der Waals surface area contributed by atoms with Crippen LogP contribution in [0.3, 0.4) is 0 Å². The Labute approximate surface area is 200 Å². The summed E-state index contributed by atoms with van der Waals surface area (Å²) < 4.78 is 5.72. The van der Waals surface area contributed by atoms with Crippen LogP contribution in [0.4, 0.5) is 0 Å². The topological polar surface area (TPSA) is 58.6 Å². The monoisotopic (exact) mass is 476 g/mol. The number of carbonyl (C=O) groups excluding carboxylic acids is 2. The number of hydrogen-bond donors (Lipinski definition) is 1. The zero-order chi connectivity index (χ0) is 23.1. The van der Waals surface area contributed by atoms with Gasteiger partial charge in [-0.2, -0.15) is 0 Å². The van der Waals surface area contributed by atoms with E-state index in [-0.39, 0.29) is 31.0 Å². The lowest BCUT2D eigenvalue weighted by Crippen LogP contribution is -2.51. The number of rotatable bonds is 8. The first-order valence-electron chi connectivity index (χ1n) is 11.1. The van der Waals surface area contributed by atoms with E-state index in [0.717, 1.165) is 36.8 Å². The summed E-state index contributed by atoms with van der Waals surface area (Å²) in [4.78, 5) is 27.7. The number of halogens is 2. The predicted molar refractivity (Wildman–Crippen MR) is 128 cm³/mol. The molecule has 0 unspecified atom stereocenters. The molecule has 1 N–H and O–H groups in total. The van der Waals surface area contributed by atoms with Crippen LogP contribution in [0.1, 0.15) is 50.2 Å². The summed E-state index contributed by atoms with van der Waals surface area (Å²) in [6, 6.07) is 12.1. The van der Waals surface area contributed by atoms with Gasteiger partial charge >= 0.3 is 0 Å². The molecule has 7 heteroatoms. The molecule has 32 heavy (non-hydrogen) atoms. The standard InChI is InChI=1S/C25H30Cl2N2O3/c1-17-14-21(12-13-22(17)26)32-16-24(30)29(15-19-8-6-7-11-23(19)27)18(2)25(31)28-20-9-4-3-5-10-20/h6-8,11-14,18,20H,3-5,9-10,15-16H2,1-2H3,(H,28,31)/t18-/m0/s1. The molecule has 0 aromatic heterocycles. The van der Waals surface area contributed by atoms with Crippen LogP contribution in [0.2, 0.25) is 10.0 Å². The molecule has 2 aromatic carbocycles. The Kier molecular flexibility index (Phi) is 8.83. The third-order valence-electron chi connectivity index (χ3n) is 5.91. The average Bonchev–Trinajstić information content (AvgIpc) is 2.79. The zero-order valence-corrected chi connectivity index (χ0v) is 20.1. The maximum atomic E-state index is 13.2. The summed E-state index contributed by atoms with van der Waals surface area (Å²) in [7, 11) is 0. The largest absolute Gasteiger partial charge is 0.484 e. The van der Waals surface area contributed by atoms with Gasteiger partial charge < -0.3 is 15.0 Å². The van der Waals surface area contributed by atoms with Crippen LogP contribution in [-0.2, 0) is 16.1 Å². The lowest BCUT2D eigenvalue weighted by molar-refractivity contribution is -0.142. The number of benzene rings is 2. The summed E-state index contributed by atoms with van der Waals surface area (Å²) in [6.45, 7) is 3.66. The Bertz CT molecular complexity index is 945. The molecule has 0 radical (unpaired) electrons. The minimum atomic E-state index is -0.656. The Morgan fingerprint density at radius 3 is 2.50 bits per heavy atom. The van der Waals surface area contributed by atoms with Gasteiger partial charge in [-0.25, -0.2) is 0 Å². The summed E-state index contributed by atoms with van der Waals surface area (Å²) in [5.74, 6) is 0.112. The molecule has 2 amide bonds. The number of carbonyl (C=O) groups is 2. The lowest BCUT2D eigenvalue weighted by atomic mass is 9.95.